The van der Waals surface area contributed by atoms with Crippen LogP contribution in [0.4, 0.5) is 0 Å². The van der Waals surface area contributed by atoms with E-state index in [1.807, 2.05) is 0 Å². The fourth-order valence-electron chi connectivity index (χ4n) is 1.15. The van der Waals surface area contributed by atoms with Crippen LogP contribution in [-0.4, -0.2) is 0 Å². The molecule has 1 aliphatic rings. The predicted molar refractivity (Wildman–Crippen MR) is 36.7 cm³/mol. The summed E-state index contributed by atoms with van der Waals surface area (Å²) in [6, 6.07) is 0. The van der Waals surface area contributed by atoms with E-state index in [0.717, 1.165) is 0 Å². The van der Waals surface area contributed by atoms with Crippen molar-refractivity contribution >= 4 is 0 Å². The summed E-state index contributed by atoms with van der Waals surface area (Å²) in [5.74, 6) is 0. The molecule has 1 rings (SSSR count). The summed E-state index contributed by atoms with van der Waals surface area (Å²) in [6.45, 7) is 10.4. The molecule has 0 N–H and O–H groups in total. The van der Waals surface area contributed by atoms with Crippen molar-refractivity contribution in [2.24, 2.45) is 5.41 Å². The van der Waals surface area contributed by atoms with E-state index in [-0.39, 0.29) is 0 Å². The second-order valence-corrected chi connectivity index (χ2v) is 3.03. The van der Waals surface area contributed by atoms with E-state index in [2.05, 4.69) is 33.4 Å². The van der Waals surface area contributed by atoms with Gasteiger partial charge in [0.05, 0.1) is 0 Å². The average molecular weight is 108 g/mol. The van der Waals surface area contributed by atoms with Crippen molar-refractivity contribution in [3.8, 4) is 0 Å². The van der Waals surface area contributed by atoms with Gasteiger partial charge in [-0.3, -0.25) is 0 Å². The maximum Gasteiger partial charge on any atom is 0.00777 e. The SMILES string of the molecule is C=C1C(C)=CC1(C)C. The van der Waals surface area contributed by atoms with Gasteiger partial charge in [-0.2, -0.15) is 0 Å². The third kappa shape index (κ3) is 0.525. The molecule has 0 saturated heterocycles. The molecule has 0 nitrogen and oxygen atoms in total. The molecule has 0 radical (unpaired) electrons. The highest BCUT2D eigenvalue weighted by Gasteiger charge is 2.28. The summed E-state index contributed by atoms with van der Waals surface area (Å²) >= 11 is 0. The van der Waals surface area contributed by atoms with Gasteiger partial charge < -0.3 is 0 Å². The Kier molecular flexibility index (Phi) is 0.877. The third-order valence-corrected chi connectivity index (χ3v) is 1.83. The van der Waals surface area contributed by atoms with Gasteiger partial charge in [-0.25, -0.2) is 0 Å². The molecule has 8 heavy (non-hydrogen) atoms. The minimum atomic E-state index is 0.296. The molecule has 0 aromatic rings. The molecular formula is C8H12. The second kappa shape index (κ2) is 1.25. The van der Waals surface area contributed by atoms with Crippen LogP contribution >= 0.6 is 0 Å². The minimum absolute atomic E-state index is 0.296. The number of allylic oxidation sites excluding steroid dienone is 3. The van der Waals surface area contributed by atoms with Crippen molar-refractivity contribution < 1.29 is 0 Å². The fourth-order valence-corrected chi connectivity index (χ4v) is 1.15. The molecule has 0 heteroatoms. The van der Waals surface area contributed by atoms with E-state index >= 15 is 0 Å². The monoisotopic (exact) mass is 108 g/mol. The number of rotatable bonds is 0. The molecule has 44 valence electrons. The first-order valence-electron chi connectivity index (χ1n) is 2.93. The molecule has 0 saturated carbocycles. The Morgan fingerprint density at radius 1 is 1.50 bits per heavy atom. The summed E-state index contributed by atoms with van der Waals surface area (Å²) in [5, 5.41) is 0. The standard InChI is InChI=1S/C8H12/c1-6-5-8(3,4)7(6)2/h5H,2H2,1,3-4H3. The van der Waals surface area contributed by atoms with Crippen molar-refractivity contribution in [2.45, 2.75) is 20.8 Å². The fraction of sp³-hybridized carbons (Fsp3) is 0.500. The summed E-state index contributed by atoms with van der Waals surface area (Å²) in [4.78, 5) is 0. The van der Waals surface area contributed by atoms with Crippen molar-refractivity contribution in [1.82, 2.24) is 0 Å². The van der Waals surface area contributed by atoms with Crippen LogP contribution < -0.4 is 0 Å². The van der Waals surface area contributed by atoms with Crippen molar-refractivity contribution in [1.29, 1.82) is 0 Å². The zero-order chi connectivity index (χ0) is 6.36. The molecule has 0 aromatic carbocycles. The van der Waals surface area contributed by atoms with Crippen molar-refractivity contribution in [3.63, 3.8) is 0 Å². The molecule has 0 spiro atoms. The van der Waals surface area contributed by atoms with Gasteiger partial charge in [-0.1, -0.05) is 32.1 Å². The first-order valence-corrected chi connectivity index (χ1v) is 2.93. The maximum atomic E-state index is 3.93. The largest absolute Gasteiger partial charge is 0.0947 e. The van der Waals surface area contributed by atoms with Crippen LogP contribution in [0.1, 0.15) is 20.8 Å². The third-order valence-electron chi connectivity index (χ3n) is 1.83. The van der Waals surface area contributed by atoms with Gasteiger partial charge in [-0.05, 0) is 12.5 Å². The normalized spacial score (nSPS) is 24.4. The Morgan fingerprint density at radius 3 is 2.00 bits per heavy atom. The lowest BCUT2D eigenvalue weighted by Crippen LogP contribution is -2.20. The van der Waals surface area contributed by atoms with Gasteiger partial charge >= 0.3 is 0 Å². The van der Waals surface area contributed by atoms with E-state index in [0.29, 0.717) is 5.41 Å². The zero-order valence-electron chi connectivity index (χ0n) is 5.78. The Bertz CT molecular complexity index is 159. The summed E-state index contributed by atoms with van der Waals surface area (Å²) in [7, 11) is 0. The van der Waals surface area contributed by atoms with Crippen LogP contribution in [0.15, 0.2) is 23.8 Å². The second-order valence-electron chi connectivity index (χ2n) is 3.03. The number of hydrogen-bond acceptors (Lipinski definition) is 0. The molecule has 0 fully saturated rings. The van der Waals surface area contributed by atoms with Crippen LogP contribution in [0, 0.1) is 5.41 Å². The van der Waals surface area contributed by atoms with Gasteiger partial charge in [-0.15, -0.1) is 0 Å². The predicted octanol–water partition coefficient (Wildman–Crippen LogP) is 2.53. The summed E-state index contributed by atoms with van der Waals surface area (Å²) < 4.78 is 0. The molecule has 0 heterocycles. The summed E-state index contributed by atoms with van der Waals surface area (Å²) in [6.07, 6.45) is 2.25. The van der Waals surface area contributed by atoms with Gasteiger partial charge in [0, 0.05) is 5.41 Å². The van der Waals surface area contributed by atoms with E-state index in [1.165, 1.54) is 11.1 Å². The molecule has 0 amide bonds. The van der Waals surface area contributed by atoms with Crippen molar-refractivity contribution in [3.05, 3.63) is 23.8 Å². The molecule has 0 unspecified atom stereocenters. The molecule has 0 atom stereocenters. The van der Waals surface area contributed by atoms with Crippen LogP contribution in [-0.2, 0) is 0 Å². The highest BCUT2D eigenvalue weighted by atomic mass is 14.3. The maximum absolute atomic E-state index is 3.93. The zero-order valence-corrected chi connectivity index (χ0v) is 5.78. The van der Waals surface area contributed by atoms with E-state index < -0.39 is 0 Å². The Labute approximate surface area is 50.9 Å². The van der Waals surface area contributed by atoms with Crippen LogP contribution in [0.3, 0.4) is 0 Å². The molecule has 0 aliphatic heterocycles. The van der Waals surface area contributed by atoms with Crippen molar-refractivity contribution in [2.75, 3.05) is 0 Å². The van der Waals surface area contributed by atoms with Gasteiger partial charge in [0.1, 0.15) is 0 Å². The van der Waals surface area contributed by atoms with E-state index in [1.54, 1.807) is 0 Å². The van der Waals surface area contributed by atoms with E-state index in [4.69, 9.17) is 0 Å². The van der Waals surface area contributed by atoms with Crippen LogP contribution in [0.2, 0.25) is 0 Å². The molecule has 0 aromatic heterocycles. The first-order chi connectivity index (χ1) is 3.54. The quantitative estimate of drug-likeness (QED) is 0.447. The van der Waals surface area contributed by atoms with E-state index in [9.17, 15) is 0 Å². The van der Waals surface area contributed by atoms with Gasteiger partial charge in [0.15, 0.2) is 0 Å². The molecule has 0 bridgehead atoms. The highest BCUT2D eigenvalue weighted by Crippen LogP contribution is 2.41. The highest BCUT2D eigenvalue weighted by molar-refractivity contribution is 5.46. The first kappa shape index (κ1) is 5.61. The molecule has 1 aliphatic carbocycles. The lowest BCUT2D eigenvalue weighted by Gasteiger charge is -2.34. The smallest absolute Gasteiger partial charge is 0.00777 e. The summed E-state index contributed by atoms with van der Waals surface area (Å²) in [5.41, 5.74) is 2.94. The number of hydrogen-bond donors (Lipinski definition) is 0. The lowest BCUT2D eigenvalue weighted by atomic mass is 9.71. The van der Waals surface area contributed by atoms with Crippen LogP contribution in [0.25, 0.3) is 0 Å². The Hall–Kier alpha value is -0.520. The minimum Gasteiger partial charge on any atom is -0.0947 e. The lowest BCUT2D eigenvalue weighted by molar-refractivity contribution is 0.541. The van der Waals surface area contributed by atoms with Crippen LogP contribution in [0.5, 0.6) is 0 Å². The molecular weight excluding hydrogens is 96.1 g/mol. The topological polar surface area (TPSA) is 0 Å². The van der Waals surface area contributed by atoms with Gasteiger partial charge in [0.2, 0.25) is 0 Å². The van der Waals surface area contributed by atoms with Gasteiger partial charge in [0.25, 0.3) is 0 Å². The average Bonchev–Trinajstić information content (AvgIpc) is 1.65. The Balaban J connectivity index is 2.90. The Morgan fingerprint density at radius 2 is 2.00 bits per heavy atom.